The second-order valence-electron chi connectivity index (χ2n) is 3.95. The minimum absolute atomic E-state index is 0.421. The Morgan fingerprint density at radius 3 is 2.53 bits per heavy atom. The number of urea groups is 1. The molecule has 0 unspecified atom stereocenters. The van der Waals surface area contributed by atoms with Crippen molar-refractivity contribution < 1.29 is 9.53 Å². The molecule has 5 heteroatoms. The fourth-order valence-electron chi connectivity index (χ4n) is 1.87. The summed E-state index contributed by atoms with van der Waals surface area (Å²) in [7, 11) is 0. The van der Waals surface area contributed by atoms with E-state index in [9.17, 15) is 4.79 Å². The van der Waals surface area contributed by atoms with Gasteiger partial charge >= 0.3 is 6.03 Å². The highest BCUT2D eigenvalue weighted by atomic mass is 16.5. The Kier molecular flexibility index (Phi) is 3.95. The van der Waals surface area contributed by atoms with Crippen LogP contribution in [0, 0.1) is 0 Å². The summed E-state index contributed by atoms with van der Waals surface area (Å²) in [6.45, 7) is 3.19. The molecule has 0 radical (unpaired) electrons. The summed E-state index contributed by atoms with van der Waals surface area (Å²) in [5, 5.41) is 3.52. The van der Waals surface area contributed by atoms with Crippen LogP contribution in [-0.2, 0) is 11.3 Å². The smallest absolute Gasteiger partial charge is 0.329 e. The van der Waals surface area contributed by atoms with Gasteiger partial charge in [-0.15, -0.1) is 0 Å². The number of hydrogen-bond donors (Lipinski definition) is 1. The van der Waals surface area contributed by atoms with E-state index >= 15 is 0 Å². The topological polar surface area (TPSA) is 58.8 Å². The second-order valence-corrected chi connectivity index (χ2v) is 3.95. The molecule has 2 amide bonds. The summed E-state index contributed by atoms with van der Waals surface area (Å²) in [6, 6.07) is 9.40. The van der Waals surface area contributed by atoms with Gasteiger partial charge in [0.25, 0.3) is 0 Å². The quantitative estimate of drug-likeness (QED) is 0.843. The Morgan fingerprint density at radius 2 is 1.94 bits per heavy atom. The lowest BCUT2D eigenvalue weighted by Crippen LogP contribution is -2.52. The number of rotatable bonds is 3. The Balaban J connectivity index is 2.04. The van der Waals surface area contributed by atoms with Gasteiger partial charge in [-0.05, 0) is 5.56 Å². The van der Waals surface area contributed by atoms with Gasteiger partial charge in [0.2, 0.25) is 0 Å². The van der Waals surface area contributed by atoms with Gasteiger partial charge in [-0.2, -0.15) is 0 Å². The molecule has 1 saturated heterocycles. The van der Waals surface area contributed by atoms with Gasteiger partial charge < -0.3 is 10.5 Å². The van der Waals surface area contributed by atoms with Gasteiger partial charge in [-0.25, -0.2) is 9.80 Å². The molecule has 0 spiro atoms. The van der Waals surface area contributed by atoms with E-state index < -0.39 is 6.03 Å². The largest absolute Gasteiger partial charge is 0.379 e. The molecule has 0 aromatic heterocycles. The van der Waals surface area contributed by atoms with Crippen molar-refractivity contribution in [2.24, 2.45) is 5.73 Å². The maximum Gasteiger partial charge on any atom is 0.329 e. The highest BCUT2D eigenvalue weighted by Gasteiger charge is 2.21. The first-order valence-electron chi connectivity index (χ1n) is 5.71. The third-order valence-electron chi connectivity index (χ3n) is 2.76. The molecular weight excluding hydrogens is 218 g/mol. The van der Waals surface area contributed by atoms with Crippen LogP contribution in [0.15, 0.2) is 30.3 Å². The summed E-state index contributed by atoms with van der Waals surface area (Å²) in [4.78, 5) is 11.5. The van der Waals surface area contributed by atoms with E-state index in [2.05, 4.69) is 0 Å². The number of amides is 2. The van der Waals surface area contributed by atoms with Gasteiger partial charge in [0, 0.05) is 13.1 Å². The average Bonchev–Trinajstić information content (AvgIpc) is 2.38. The maximum atomic E-state index is 11.5. The van der Waals surface area contributed by atoms with Gasteiger partial charge in [0.15, 0.2) is 0 Å². The van der Waals surface area contributed by atoms with Crippen molar-refractivity contribution in [2.75, 3.05) is 26.3 Å². The van der Waals surface area contributed by atoms with E-state index in [1.165, 1.54) is 0 Å². The Labute approximate surface area is 101 Å². The molecule has 1 aliphatic rings. The van der Waals surface area contributed by atoms with Gasteiger partial charge in [-0.1, -0.05) is 30.3 Å². The summed E-state index contributed by atoms with van der Waals surface area (Å²) in [5.41, 5.74) is 6.49. The molecule has 5 nitrogen and oxygen atoms in total. The lowest BCUT2D eigenvalue weighted by Gasteiger charge is -2.36. The third-order valence-corrected chi connectivity index (χ3v) is 2.76. The molecule has 0 atom stereocenters. The van der Waals surface area contributed by atoms with Crippen LogP contribution < -0.4 is 5.73 Å². The minimum Gasteiger partial charge on any atom is -0.379 e. The van der Waals surface area contributed by atoms with Crippen LogP contribution in [-0.4, -0.2) is 42.4 Å². The number of nitrogens with zero attached hydrogens (tertiary/aromatic N) is 2. The van der Waals surface area contributed by atoms with Crippen molar-refractivity contribution in [3.8, 4) is 0 Å². The van der Waals surface area contributed by atoms with E-state index in [0.29, 0.717) is 32.8 Å². The van der Waals surface area contributed by atoms with Crippen LogP contribution in [0.3, 0.4) is 0 Å². The number of primary amides is 1. The van der Waals surface area contributed by atoms with Crippen LogP contribution in [0.5, 0.6) is 0 Å². The summed E-state index contributed by atoms with van der Waals surface area (Å²) in [6.07, 6.45) is 0. The van der Waals surface area contributed by atoms with Crippen LogP contribution in [0.4, 0.5) is 4.79 Å². The Hall–Kier alpha value is -1.59. The second kappa shape index (κ2) is 5.65. The zero-order chi connectivity index (χ0) is 12.1. The molecule has 17 heavy (non-hydrogen) atoms. The lowest BCUT2D eigenvalue weighted by molar-refractivity contribution is -0.0651. The molecule has 2 rings (SSSR count). The Bertz CT molecular complexity index is 363. The maximum absolute atomic E-state index is 11.5. The predicted octanol–water partition coefficient (Wildman–Crippen LogP) is 0.815. The third kappa shape index (κ3) is 3.18. The first-order valence-corrected chi connectivity index (χ1v) is 5.71. The highest BCUT2D eigenvalue weighted by molar-refractivity contribution is 5.71. The molecule has 0 bridgehead atoms. The summed E-state index contributed by atoms with van der Waals surface area (Å²) < 4.78 is 5.26. The van der Waals surface area contributed by atoms with E-state index in [1.54, 1.807) is 5.01 Å². The minimum atomic E-state index is -0.421. The van der Waals surface area contributed by atoms with Crippen molar-refractivity contribution in [3.63, 3.8) is 0 Å². The molecule has 92 valence electrons. The van der Waals surface area contributed by atoms with Gasteiger partial charge in [-0.3, -0.25) is 5.01 Å². The van der Waals surface area contributed by atoms with E-state index in [-0.39, 0.29) is 0 Å². The fraction of sp³-hybridized carbons (Fsp3) is 0.417. The SMILES string of the molecule is NC(=O)N(Cc1ccccc1)N1CCOCC1. The highest BCUT2D eigenvalue weighted by Crippen LogP contribution is 2.09. The molecule has 1 fully saturated rings. The molecule has 2 N–H and O–H groups in total. The fourth-order valence-corrected chi connectivity index (χ4v) is 1.87. The van der Waals surface area contributed by atoms with E-state index in [1.807, 2.05) is 35.3 Å². The number of carbonyl (C=O) groups is 1. The lowest BCUT2D eigenvalue weighted by atomic mass is 10.2. The van der Waals surface area contributed by atoms with E-state index in [4.69, 9.17) is 10.5 Å². The number of hydrogen-bond acceptors (Lipinski definition) is 3. The summed E-state index contributed by atoms with van der Waals surface area (Å²) in [5.74, 6) is 0. The summed E-state index contributed by atoms with van der Waals surface area (Å²) >= 11 is 0. The van der Waals surface area contributed by atoms with Crippen molar-refractivity contribution in [1.29, 1.82) is 0 Å². The van der Waals surface area contributed by atoms with Gasteiger partial charge in [0.1, 0.15) is 0 Å². The number of benzene rings is 1. The monoisotopic (exact) mass is 235 g/mol. The molecule has 1 aliphatic heterocycles. The zero-order valence-electron chi connectivity index (χ0n) is 9.71. The van der Waals surface area contributed by atoms with Crippen LogP contribution >= 0.6 is 0 Å². The van der Waals surface area contributed by atoms with Crippen molar-refractivity contribution >= 4 is 6.03 Å². The number of morpholine rings is 1. The van der Waals surface area contributed by atoms with Crippen molar-refractivity contribution in [2.45, 2.75) is 6.54 Å². The number of ether oxygens (including phenoxy) is 1. The van der Waals surface area contributed by atoms with Crippen LogP contribution in [0.25, 0.3) is 0 Å². The number of carbonyl (C=O) groups excluding carboxylic acids is 1. The van der Waals surface area contributed by atoms with Crippen LogP contribution in [0.1, 0.15) is 5.56 Å². The molecule has 0 saturated carbocycles. The van der Waals surface area contributed by atoms with Crippen LogP contribution in [0.2, 0.25) is 0 Å². The molecule has 1 heterocycles. The standard InChI is InChI=1S/C12H17N3O2/c13-12(16)15(14-6-8-17-9-7-14)10-11-4-2-1-3-5-11/h1-5H,6-10H2,(H2,13,16). The number of hydrazine groups is 1. The van der Waals surface area contributed by atoms with Gasteiger partial charge in [0.05, 0.1) is 19.8 Å². The molecule has 1 aromatic rings. The van der Waals surface area contributed by atoms with Crippen molar-refractivity contribution in [3.05, 3.63) is 35.9 Å². The first-order chi connectivity index (χ1) is 8.27. The van der Waals surface area contributed by atoms with Crippen molar-refractivity contribution in [1.82, 2.24) is 10.0 Å². The average molecular weight is 235 g/mol. The molecular formula is C12H17N3O2. The molecule has 1 aromatic carbocycles. The molecule has 0 aliphatic carbocycles. The normalized spacial score (nSPS) is 16.7. The first kappa shape index (κ1) is 11.9. The zero-order valence-corrected chi connectivity index (χ0v) is 9.71. The van der Waals surface area contributed by atoms with E-state index in [0.717, 1.165) is 5.56 Å². The number of nitrogens with two attached hydrogens (primary N) is 1. The Morgan fingerprint density at radius 1 is 1.29 bits per heavy atom. The predicted molar refractivity (Wildman–Crippen MR) is 64.0 cm³/mol.